The highest BCUT2D eigenvalue weighted by molar-refractivity contribution is 9.10. The number of nitrogens with zero attached hydrogens (tertiary/aromatic N) is 3. The standard InChI is InChI=1S/C14H10BrN3/c15-13-9-10(4-7-17-13)11-5-8-18-14(11)12-3-1-2-6-16-12/h1-7,9H,8H2. The Hall–Kier alpha value is -1.81. The molecule has 3 heterocycles. The first-order valence-electron chi connectivity index (χ1n) is 5.63. The van der Waals surface area contributed by atoms with E-state index in [-0.39, 0.29) is 0 Å². The van der Waals surface area contributed by atoms with Gasteiger partial charge in [0.05, 0.1) is 18.0 Å². The number of halogens is 1. The van der Waals surface area contributed by atoms with E-state index in [0.717, 1.165) is 27.1 Å². The van der Waals surface area contributed by atoms with Crippen LogP contribution in [0.1, 0.15) is 11.3 Å². The molecule has 3 nitrogen and oxygen atoms in total. The maximum Gasteiger partial charge on any atom is 0.106 e. The first kappa shape index (κ1) is 11.3. The molecule has 0 unspecified atom stereocenters. The number of aliphatic imine (C=N–C) groups is 1. The third kappa shape index (κ3) is 2.11. The number of aromatic nitrogens is 2. The molecule has 0 atom stereocenters. The molecular formula is C14H10BrN3. The van der Waals surface area contributed by atoms with Crippen LogP contribution in [0.3, 0.4) is 0 Å². The van der Waals surface area contributed by atoms with E-state index >= 15 is 0 Å². The van der Waals surface area contributed by atoms with Crippen LogP contribution in [0.5, 0.6) is 0 Å². The monoisotopic (exact) mass is 299 g/mol. The number of hydrogen-bond donors (Lipinski definition) is 0. The van der Waals surface area contributed by atoms with Crippen LogP contribution in [0.4, 0.5) is 0 Å². The molecule has 0 aromatic carbocycles. The molecule has 0 amide bonds. The van der Waals surface area contributed by atoms with Crippen LogP contribution < -0.4 is 0 Å². The third-order valence-electron chi connectivity index (χ3n) is 2.75. The SMILES string of the molecule is Brc1cc(C2=CCN=C2c2ccccn2)ccn1. The minimum absolute atomic E-state index is 0.710. The summed E-state index contributed by atoms with van der Waals surface area (Å²) in [5.74, 6) is 0. The molecule has 0 spiro atoms. The van der Waals surface area contributed by atoms with Crippen LogP contribution in [0, 0.1) is 0 Å². The quantitative estimate of drug-likeness (QED) is 0.799. The van der Waals surface area contributed by atoms with E-state index in [9.17, 15) is 0 Å². The Bertz CT molecular complexity index is 632. The second-order valence-corrected chi connectivity index (χ2v) is 4.70. The van der Waals surface area contributed by atoms with Crippen LogP contribution in [0.2, 0.25) is 0 Å². The maximum absolute atomic E-state index is 4.52. The summed E-state index contributed by atoms with van der Waals surface area (Å²) in [5.41, 5.74) is 4.10. The van der Waals surface area contributed by atoms with E-state index in [1.165, 1.54) is 0 Å². The van der Waals surface area contributed by atoms with Crippen molar-refractivity contribution in [3.63, 3.8) is 0 Å². The molecular weight excluding hydrogens is 290 g/mol. The second-order valence-electron chi connectivity index (χ2n) is 3.89. The van der Waals surface area contributed by atoms with Crippen molar-refractivity contribution in [2.24, 2.45) is 4.99 Å². The lowest BCUT2D eigenvalue weighted by Gasteiger charge is -2.06. The molecule has 1 aliphatic heterocycles. The Morgan fingerprint density at radius 1 is 1.06 bits per heavy atom. The van der Waals surface area contributed by atoms with Gasteiger partial charge in [-0.3, -0.25) is 9.98 Å². The van der Waals surface area contributed by atoms with Gasteiger partial charge in [-0.2, -0.15) is 0 Å². The van der Waals surface area contributed by atoms with E-state index in [1.807, 2.05) is 30.3 Å². The van der Waals surface area contributed by atoms with E-state index < -0.39 is 0 Å². The van der Waals surface area contributed by atoms with Gasteiger partial charge >= 0.3 is 0 Å². The molecule has 2 aromatic rings. The molecule has 0 saturated heterocycles. The van der Waals surface area contributed by atoms with E-state index in [0.29, 0.717) is 6.54 Å². The van der Waals surface area contributed by atoms with Gasteiger partial charge in [0.2, 0.25) is 0 Å². The first-order valence-corrected chi connectivity index (χ1v) is 6.42. The van der Waals surface area contributed by atoms with Gasteiger partial charge in [-0.15, -0.1) is 0 Å². The molecule has 0 saturated carbocycles. The minimum atomic E-state index is 0.710. The summed E-state index contributed by atoms with van der Waals surface area (Å²) < 4.78 is 0.827. The topological polar surface area (TPSA) is 38.1 Å². The molecule has 3 rings (SSSR count). The van der Waals surface area contributed by atoms with Crippen LogP contribution >= 0.6 is 15.9 Å². The molecule has 4 heteroatoms. The minimum Gasteiger partial charge on any atom is -0.278 e. The summed E-state index contributed by atoms with van der Waals surface area (Å²) in [7, 11) is 0. The van der Waals surface area contributed by atoms with E-state index in [2.05, 4.69) is 37.0 Å². The Balaban J connectivity index is 2.02. The molecule has 2 aromatic heterocycles. The largest absolute Gasteiger partial charge is 0.278 e. The lowest BCUT2D eigenvalue weighted by atomic mass is 10.0. The fraction of sp³-hybridized carbons (Fsp3) is 0.0714. The van der Waals surface area contributed by atoms with Crippen molar-refractivity contribution in [1.29, 1.82) is 0 Å². The Labute approximate surface area is 113 Å². The van der Waals surface area contributed by atoms with Crippen molar-refractivity contribution in [2.45, 2.75) is 0 Å². The number of rotatable bonds is 2. The summed E-state index contributed by atoms with van der Waals surface area (Å²) in [4.78, 5) is 13.0. The lowest BCUT2D eigenvalue weighted by Crippen LogP contribution is -2.03. The summed E-state index contributed by atoms with van der Waals surface area (Å²) in [6.07, 6.45) is 5.69. The number of pyridine rings is 2. The van der Waals surface area contributed by atoms with E-state index in [4.69, 9.17) is 0 Å². The van der Waals surface area contributed by atoms with Gasteiger partial charge in [-0.1, -0.05) is 12.1 Å². The van der Waals surface area contributed by atoms with Gasteiger partial charge in [0.1, 0.15) is 4.60 Å². The van der Waals surface area contributed by atoms with Gasteiger partial charge in [0.25, 0.3) is 0 Å². The maximum atomic E-state index is 4.52. The number of hydrogen-bond acceptors (Lipinski definition) is 3. The molecule has 0 radical (unpaired) electrons. The van der Waals surface area contributed by atoms with Gasteiger partial charge in [-0.05, 0) is 45.8 Å². The zero-order valence-electron chi connectivity index (χ0n) is 9.55. The van der Waals surface area contributed by atoms with Crippen molar-refractivity contribution in [3.8, 4) is 0 Å². The van der Waals surface area contributed by atoms with E-state index in [1.54, 1.807) is 12.4 Å². The zero-order chi connectivity index (χ0) is 12.4. The highest BCUT2D eigenvalue weighted by atomic mass is 79.9. The first-order chi connectivity index (χ1) is 8.84. The molecule has 18 heavy (non-hydrogen) atoms. The predicted octanol–water partition coefficient (Wildman–Crippen LogP) is 3.13. The van der Waals surface area contributed by atoms with Gasteiger partial charge in [0, 0.05) is 18.0 Å². The predicted molar refractivity (Wildman–Crippen MR) is 75.6 cm³/mol. The van der Waals surface area contributed by atoms with Crippen molar-refractivity contribution in [3.05, 3.63) is 64.7 Å². The molecule has 0 fully saturated rings. The van der Waals surface area contributed by atoms with Crippen molar-refractivity contribution < 1.29 is 0 Å². The van der Waals surface area contributed by atoms with Crippen molar-refractivity contribution in [2.75, 3.05) is 6.54 Å². The van der Waals surface area contributed by atoms with Gasteiger partial charge in [0.15, 0.2) is 0 Å². The average Bonchev–Trinajstić information content (AvgIpc) is 2.89. The smallest absolute Gasteiger partial charge is 0.106 e. The zero-order valence-corrected chi connectivity index (χ0v) is 11.1. The van der Waals surface area contributed by atoms with Crippen LogP contribution in [-0.2, 0) is 0 Å². The summed E-state index contributed by atoms with van der Waals surface area (Å²) in [6, 6.07) is 9.85. The van der Waals surface area contributed by atoms with Gasteiger partial charge < -0.3 is 0 Å². The van der Waals surface area contributed by atoms with Crippen LogP contribution in [-0.4, -0.2) is 22.2 Å². The molecule has 0 aliphatic carbocycles. The molecule has 0 N–H and O–H groups in total. The molecule has 1 aliphatic rings. The Morgan fingerprint density at radius 2 is 2.00 bits per heavy atom. The Morgan fingerprint density at radius 3 is 2.78 bits per heavy atom. The highest BCUT2D eigenvalue weighted by Gasteiger charge is 2.16. The van der Waals surface area contributed by atoms with Gasteiger partial charge in [-0.25, -0.2) is 4.98 Å². The van der Waals surface area contributed by atoms with Crippen molar-refractivity contribution >= 4 is 27.2 Å². The highest BCUT2D eigenvalue weighted by Crippen LogP contribution is 2.24. The third-order valence-corrected chi connectivity index (χ3v) is 3.18. The number of allylic oxidation sites excluding steroid dienone is 1. The summed E-state index contributed by atoms with van der Waals surface area (Å²) in [5, 5.41) is 0. The van der Waals surface area contributed by atoms with Crippen LogP contribution in [0.15, 0.2) is 58.4 Å². The van der Waals surface area contributed by atoms with Crippen LogP contribution in [0.25, 0.3) is 5.57 Å². The second kappa shape index (κ2) is 4.82. The fourth-order valence-corrected chi connectivity index (χ4v) is 2.32. The summed E-state index contributed by atoms with van der Waals surface area (Å²) >= 11 is 3.39. The lowest BCUT2D eigenvalue weighted by molar-refractivity contribution is 1.25. The fourth-order valence-electron chi connectivity index (χ4n) is 1.96. The van der Waals surface area contributed by atoms with Crippen molar-refractivity contribution in [1.82, 2.24) is 9.97 Å². The Kier molecular flexibility index (Phi) is 3.02. The normalized spacial score (nSPS) is 14.3. The molecule has 88 valence electrons. The average molecular weight is 300 g/mol. The molecule has 0 bridgehead atoms. The summed E-state index contributed by atoms with van der Waals surface area (Å²) in [6.45, 7) is 0.710.